The van der Waals surface area contributed by atoms with E-state index in [1.807, 2.05) is 0 Å². The minimum absolute atomic E-state index is 0. The molecule has 4 heteroatoms. The zero-order chi connectivity index (χ0) is 7.03. The van der Waals surface area contributed by atoms with Gasteiger partial charge >= 0.3 is 1.43 Å². The molecule has 1 amide bonds. The van der Waals surface area contributed by atoms with Crippen molar-refractivity contribution in [2.45, 2.75) is 12.8 Å². The highest BCUT2D eigenvalue weighted by molar-refractivity contribution is 5.85. The largest absolute Gasteiger partial charge is 1.00 e. The molecule has 0 aromatic carbocycles. The van der Waals surface area contributed by atoms with Crippen molar-refractivity contribution in [1.29, 1.82) is 0 Å². The van der Waals surface area contributed by atoms with Crippen molar-refractivity contribution < 1.29 is 18.6 Å². The lowest BCUT2D eigenvalue weighted by Crippen LogP contribution is -3.00. The lowest BCUT2D eigenvalue weighted by molar-refractivity contribution is -0.126. The normalized spacial score (nSPS) is 35.5. The van der Waals surface area contributed by atoms with Gasteiger partial charge in [-0.15, -0.1) is 0 Å². The Morgan fingerprint density at radius 2 is 2.09 bits per heavy atom. The van der Waals surface area contributed by atoms with Gasteiger partial charge in [-0.2, -0.15) is 0 Å². The monoisotopic (exact) mass is 176 g/mol. The Hall–Kier alpha value is -0.280. The quantitative estimate of drug-likeness (QED) is 0.404. The summed E-state index contributed by atoms with van der Waals surface area (Å²) in [5.74, 6) is 0.262. The van der Waals surface area contributed by atoms with Crippen molar-refractivity contribution in [2.24, 2.45) is 5.41 Å². The van der Waals surface area contributed by atoms with Gasteiger partial charge in [0, 0.05) is 13.1 Å². The maximum Gasteiger partial charge on any atom is 1.00 e. The molecule has 1 spiro atoms. The third-order valence-corrected chi connectivity index (χ3v) is 2.61. The van der Waals surface area contributed by atoms with Crippen LogP contribution in [0.4, 0.5) is 0 Å². The van der Waals surface area contributed by atoms with Crippen molar-refractivity contribution in [3.8, 4) is 0 Å². The molecular weight excluding hydrogens is 164 g/mol. The molecule has 2 fully saturated rings. The van der Waals surface area contributed by atoms with Gasteiger partial charge in [-0.3, -0.25) is 4.79 Å². The van der Waals surface area contributed by atoms with Crippen molar-refractivity contribution in [3.63, 3.8) is 0 Å². The Balaban J connectivity index is 0.000000605. The standard InChI is InChI=1S/C7H12N2O.ClH/c10-6-7(2-4-9-6)1-3-8-5-7;/h8H,1-5H2,(H,9,10);1H. The van der Waals surface area contributed by atoms with Crippen LogP contribution in [0.2, 0.25) is 0 Å². The molecule has 2 aliphatic heterocycles. The number of carbonyl (C=O) groups is 1. The summed E-state index contributed by atoms with van der Waals surface area (Å²) in [4.78, 5) is 11.2. The Morgan fingerprint density at radius 3 is 2.55 bits per heavy atom. The molecule has 0 bridgehead atoms. The minimum Gasteiger partial charge on any atom is -1.00 e. The van der Waals surface area contributed by atoms with E-state index in [4.69, 9.17) is 0 Å². The molecule has 1 unspecified atom stereocenters. The fourth-order valence-corrected chi connectivity index (χ4v) is 1.87. The van der Waals surface area contributed by atoms with Crippen LogP contribution >= 0.6 is 0 Å². The number of halogens is 1. The number of rotatable bonds is 0. The average Bonchev–Trinajstić information content (AvgIpc) is 2.48. The van der Waals surface area contributed by atoms with Gasteiger partial charge in [0.1, 0.15) is 0 Å². The second-order valence-electron chi connectivity index (χ2n) is 3.21. The van der Waals surface area contributed by atoms with Crippen LogP contribution in [-0.4, -0.2) is 25.5 Å². The Labute approximate surface area is 73.8 Å². The van der Waals surface area contributed by atoms with Crippen LogP contribution < -0.4 is 23.0 Å². The molecule has 11 heavy (non-hydrogen) atoms. The summed E-state index contributed by atoms with van der Waals surface area (Å²) in [5.41, 5.74) is -0.0139. The van der Waals surface area contributed by atoms with E-state index in [1.165, 1.54) is 0 Å². The third-order valence-electron chi connectivity index (χ3n) is 2.61. The van der Waals surface area contributed by atoms with E-state index >= 15 is 0 Å². The maximum atomic E-state index is 11.2. The molecule has 2 N–H and O–H groups in total. The van der Waals surface area contributed by atoms with E-state index in [2.05, 4.69) is 10.6 Å². The second-order valence-corrected chi connectivity index (χ2v) is 3.21. The number of nitrogens with one attached hydrogen (secondary N) is 2. The number of hydrogen-bond acceptors (Lipinski definition) is 2. The Kier molecular flexibility index (Phi) is 2.40. The fraction of sp³-hybridized carbons (Fsp3) is 0.857. The predicted molar refractivity (Wildman–Crippen MR) is 38.7 cm³/mol. The molecule has 2 heterocycles. The summed E-state index contributed by atoms with van der Waals surface area (Å²) < 4.78 is 0. The van der Waals surface area contributed by atoms with Crippen molar-refractivity contribution in [2.75, 3.05) is 19.6 Å². The third kappa shape index (κ3) is 1.23. The summed E-state index contributed by atoms with van der Waals surface area (Å²) >= 11 is 0. The van der Waals surface area contributed by atoms with Gasteiger partial charge in [0.05, 0.1) is 5.41 Å². The zero-order valence-electron chi connectivity index (χ0n) is 7.32. The lowest BCUT2D eigenvalue weighted by Gasteiger charge is -2.16. The van der Waals surface area contributed by atoms with E-state index in [1.54, 1.807) is 0 Å². The molecule has 3 nitrogen and oxygen atoms in total. The lowest BCUT2D eigenvalue weighted by atomic mass is 9.86. The molecule has 2 rings (SSSR count). The maximum absolute atomic E-state index is 11.2. The minimum atomic E-state index is -0.0139. The molecule has 1 atom stereocenters. The van der Waals surface area contributed by atoms with Crippen LogP contribution in [0, 0.1) is 5.41 Å². The molecular formula is C7H13ClN2O. The summed E-state index contributed by atoms with van der Waals surface area (Å²) in [7, 11) is 0. The van der Waals surface area contributed by atoms with Crippen molar-refractivity contribution >= 4 is 5.91 Å². The van der Waals surface area contributed by atoms with E-state index in [0.29, 0.717) is 0 Å². The van der Waals surface area contributed by atoms with Gasteiger partial charge in [0.2, 0.25) is 5.91 Å². The number of hydrogen-bond donors (Lipinski definition) is 2. The summed E-state index contributed by atoms with van der Waals surface area (Å²) in [5, 5.41) is 6.10. The summed E-state index contributed by atoms with van der Waals surface area (Å²) in [6, 6.07) is 0. The highest BCUT2D eigenvalue weighted by Crippen LogP contribution is 2.32. The molecule has 2 saturated heterocycles. The van der Waals surface area contributed by atoms with Crippen LogP contribution in [0.3, 0.4) is 0 Å². The first-order chi connectivity index (χ1) is 4.83. The van der Waals surface area contributed by atoms with E-state index < -0.39 is 0 Å². The second kappa shape index (κ2) is 2.99. The Morgan fingerprint density at radius 1 is 1.36 bits per heavy atom. The van der Waals surface area contributed by atoms with Crippen LogP contribution in [0.25, 0.3) is 0 Å². The highest BCUT2D eigenvalue weighted by atomic mass is 35.5. The zero-order valence-corrected chi connectivity index (χ0v) is 7.08. The predicted octanol–water partition coefficient (Wildman–Crippen LogP) is -3.40. The molecule has 0 radical (unpaired) electrons. The van der Waals surface area contributed by atoms with E-state index in [0.717, 1.165) is 32.5 Å². The fourth-order valence-electron chi connectivity index (χ4n) is 1.87. The highest BCUT2D eigenvalue weighted by Gasteiger charge is 2.44. The molecule has 0 aliphatic carbocycles. The van der Waals surface area contributed by atoms with Crippen LogP contribution in [0.15, 0.2) is 0 Å². The van der Waals surface area contributed by atoms with Crippen LogP contribution in [-0.2, 0) is 4.79 Å². The van der Waals surface area contributed by atoms with Crippen LogP contribution in [0.1, 0.15) is 14.3 Å². The number of carbonyl (C=O) groups excluding carboxylic acids is 1. The van der Waals surface area contributed by atoms with Gasteiger partial charge in [-0.25, -0.2) is 0 Å². The van der Waals surface area contributed by atoms with Gasteiger partial charge in [-0.1, -0.05) is 0 Å². The van der Waals surface area contributed by atoms with E-state index in [9.17, 15) is 4.79 Å². The first-order valence-corrected chi connectivity index (χ1v) is 3.83. The molecule has 2 aliphatic rings. The first kappa shape index (κ1) is 8.81. The summed E-state index contributed by atoms with van der Waals surface area (Å²) in [6.45, 7) is 2.77. The smallest absolute Gasteiger partial charge is 1.00 e. The van der Waals surface area contributed by atoms with Crippen molar-refractivity contribution in [3.05, 3.63) is 0 Å². The summed E-state index contributed by atoms with van der Waals surface area (Å²) in [6.07, 6.45) is 2.05. The van der Waals surface area contributed by atoms with Crippen molar-refractivity contribution in [1.82, 2.24) is 10.6 Å². The number of amides is 1. The molecule has 64 valence electrons. The topological polar surface area (TPSA) is 41.1 Å². The average molecular weight is 177 g/mol. The van der Waals surface area contributed by atoms with Gasteiger partial charge in [-0.05, 0) is 19.4 Å². The van der Waals surface area contributed by atoms with Gasteiger partial charge in [0.15, 0.2) is 0 Å². The molecule has 0 aromatic heterocycles. The SMILES string of the molecule is O=C1NCCC12CCNC2.[Cl-].[H+]. The first-order valence-electron chi connectivity index (χ1n) is 3.83. The molecule has 0 aromatic rings. The Bertz CT molecular complexity index is 165. The van der Waals surface area contributed by atoms with Gasteiger partial charge < -0.3 is 23.0 Å². The van der Waals surface area contributed by atoms with E-state index in [-0.39, 0.29) is 25.2 Å². The molecule has 0 saturated carbocycles. The van der Waals surface area contributed by atoms with Crippen LogP contribution in [0.5, 0.6) is 0 Å². The van der Waals surface area contributed by atoms with Gasteiger partial charge in [0.25, 0.3) is 0 Å².